The van der Waals surface area contributed by atoms with Gasteiger partial charge in [0.25, 0.3) is 11.7 Å². The van der Waals surface area contributed by atoms with Crippen LogP contribution >= 0.6 is 0 Å². The molecule has 0 bridgehead atoms. The fraction of sp³-hybridized carbons (Fsp3) is 0.333. The maximum absolute atomic E-state index is 13.5. The third-order valence-corrected chi connectivity index (χ3v) is 7.38. The lowest BCUT2D eigenvalue weighted by molar-refractivity contribution is -0.140. The van der Waals surface area contributed by atoms with E-state index in [-0.39, 0.29) is 22.8 Å². The van der Waals surface area contributed by atoms with Gasteiger partial charge in [0.2, 0.25) is 0 Å². The van der Waals surface area contributed by atoms with Gasteiger partial charge in [-0.1, -0.05) is 50.2 Å². The van der Waals surface area contributed by atoms with E-state index in [4.69, 9.17) is 9.47 Å². The number of rotatable bonds is 12. The summed E-state index contributed by atoms with van der Waals surface area (Å²) in [6, 6.07) is 18.9. The summed E-state index contributed by atoms with van der Waals surface area (Å²) in [5.41, 5.74) is 2.78. The van der Waals surface area contributed by atoms with Gasteiger partial charge in [-0.05, 0) is 74.0 Å². The van der Waals surface area contributed by atoms with Gasteiger partial charge >= 0.3 is 0 Å². The normalized spacial score (nSPS) is 16.4. The first-order valence-electron chi connectivity index (χ1n) is 14.0. The van der Waals surface area contributed by atoms with Gasteiger partial charge in [0.15, 0.2) is 11.5 Å². The van der Waals surface area contributed by atoms with E-state index in [9.17, 15) is 19.8 Å². The van der Waals surface area contributed by atoms with Crippen LogP contribution in [0.4, 0.5) is 0 Å². The number of Topliss-reactive ketones (excluding diaryl/α,β-unsaturated/α-hetero) is 1. The minimum atomic E-state index is -0.848. The molecule has 0 unspecified atom stereocenters. The number of aliphatic hydroxyl groups excluding tert-OH is 1. The summed E-state index contributed by atoms with van der Waals surface area (Å²) >= 11 is 0. The first-order valence-corrected chi connectivity index (χ1v) is 14.0. The van der Waals surface area contributed by atoms with E-state index in [1.165, 1.54) is 11.0 Å². The molecule has 4 rings (SSSR count). The average Bonchev–Trinajstić information content (AvgIpc) is 3.23. The zero-order valence-electron chi connectivity index (χ0n) is 24.1. The van der Waals surface area contributed by atoms with Gasteiger partial charge in [-0.2, -0.15) is 0 Å². The number of hydrogen-bond acceptors (Lipinski definition) is 7. The number of carbonyl (C=O) groups is 2. The number of amides is 1. The quantitative estimate of drug-likeness (QED) is 0.173. The van der Waals surface area contributed by atoms with Crippen molar-refractivity contribution in [1.82, 2.24) is 9.80 Å². The second-order valence-electron chi connectivity index (χ2n) is 9.93. The van der Waals surface area contributed by atoms with Crippen molar-refractivity contribution in [3.63, 3.8) is 0 Å². The molecule has 1 aliphatic rings. The molecule has 3 aromatic carbocycles. The number of nitrogens with zero attached hydrogens (tertiary/aromatic N) is 2. The number of ether oxygens (including phenoxy) is 2. The van der Waals surface area contributed by atoms with Crippen LogP contribution in [0.5, 0.6) is 17.2 Å². The highest BCUT2D eigenvalue weighted by molar-refractivity contribution is 6.46. The van der Waals surface area contributed by atoms with E-state index in [1.54, 1.807) is 37.3 Å². The molecule has 216 valence electrons. The van der Waals surface area contributed by atoms with Crippen molar-refractivity contribution in [2.24, 2.45) is 0 Å². The van der Waals surface area contributed by atoms with E-state index in [0.29, 0.717) is 43.2 Å². The first-order chi connectivity index (χ1) is 19.8. The number of aromatic hydroxyl groups is 1. The predicted octanol–water partition coefficient (Wildman–Crippen LogP) is 5.44. The highest BCUT2D eigenvalue weighted by Crippen LogP contribution is 2.42. The molecule has 8 heteroatoms. The van der Waals surface area contributed by atoms with Gasteiger partial charge in [-0.15, -0.1) is 0 Å². The zero-order chi connectivity index (χ0) is 29.5. The number of ketones is 1. The van der Waals surface area contributed by atoms with Gasteiger partial charge in [-0.3, -0.25) is 9.59 Å². The van der Waals surface area contributed by atoms with Crippen molar-refractivity contribution in [3.8, 4) is 17.2 Å². The summed E-state index contributed by atoms with van der Waals surface area (Å²) in [4.78, 5) is 30.5. The number of likely N-dealkylation sites (N-methyl/N-ethyl adjacent to an activating group) is 1. The Hall–Kier alpha value is -4.30. The second-order valence-corrected chi connectivity index (χ2v) is 9.93. The van der Waals surface area contributed by atoms with Crippen molar-refractivity contribution < 1.29 is 29.3 Å². The Balaban J connectivity index is 1.73. The highest BCUT2D eigenvalue weighted by atomic mass is 16.5. The minimum absolute atomic E-state index is 0.0000362. The second kappa shape index (κ2) is 13.4. The molecular formula is C33H38N2O6. The van der Waals surface area contributed by atoms with Crippen LogP contribution in [-0.2, 0) is 16.2 Å². The van der Waals surface area contributed by atoms with E-state index in [2.05, 4.69) is 4.90 Å². The topological polar surface area (TPSA) is 99.5 Å². The van der Waals surface area contributed by atoms with E-state index < -0.39 is 17.7 Å². The third-order valence-electron chi connectivity index (χ3n) is 7.38. The Bertz CT molecular complexity index is 1410. The third kappa shape index (κ3) is 6.55. The highest BCUT2D eigenvalue weighted by Gasteiger charge is 2.46. The maximum atomic E-state index is 13.5. The number of aliphatic hydroxyl groups is 1. The largest absolute Gasteiger partial charge is 0.507 e. The number of phenolic OH excluding ortho intramolecular Hbond substituents is 1. The lowest BCUT2D eigenvalue weighted by atomic mass is 9.94. The number of carbonyl (C=O) groups excluding carboxylic acids is 2. The van der Waals surface area contributed by atoms with Gasteiger partial charge < -0.3 is 29.5 Å². The molecule has 0 aliphatic carbocycles. The summed E-state index contributed by atoms with van der Waals surface area (Å²) in [6.07, 6.45) is 0. The molecule has 1 atom stereocenters. The molecule has 3 aromatic rings. The van der Waals surface area contributed by atoms with E-state index in [1.807, 2.05) is 51.1 Å². The molecule has 1 fully saturated rings. The summed E-state index contributed by atoms with van der Waals surface area (Å²) in [5, 5.41) is 21.8. The molecule has 41 heavy (non-hydrogen) atoms. The van der Waals surface area contributed by atoms with Crippen molar-refractivity contribution in [2.45, 2.75) is 40.3 Å². The smallest absolute Gasteiger partial charge is 0.295 e. The Morgan fingerprint density at radius 1 is 0.927 bits per heavy atom. The number of aryl methyl sites for hydroxylation is 1. The average molecular weight is 559 g/mol. The van der Waals surface area contributed by atoms with E-state index in [0.717, 1.165) is 24.2 Å². The number of benzene rings is 3. The van der Waals surface area contributed by atoms with Gasteiger partial charge in [0, 0.05) is 18.7 Å². The van der Waals surface area contributed by atoms with Crippen molar-refractivity contribution in [1.29, 1.82) is 0 Å². The molecule has 0 radical (unpaired) electrons. The van der Waals surface area contributed by atoms with Crippen LogP contribution in [-0.4, -0.2) is 64.5 Å². The van der Waals surface area contributed by atoms with Crippen LogP contribution in [0.3, 0.4) is 0 Å². The fourth-order valence-corrected chi connectivity index (χ4v) is 5.07. The Morgan fingerprint density at radius 2 is 1.66 bits per heavy atom. The molecule has 0 spiro atoms. The van der Waals surface area contributed by atoms with E-state index >= 15 is 0 Å². The van der Waals surface area contributed by atoms with Gasteiger partial charge in [0.05, 0.1) is 18.2 Å². The number of phenols is 1. The van der Waals surface area contributed by atoms with Gasteiger partial charge in [-0.25, -0.2) is 0 Å². The molecule has 0 aromatic heterocycles. The van der Waals surface area contributed by atoms with Crippen LogP contribution in [0.2, 0.25) is 0 Å². The first kappa shape index (κ1) is 29.7. The SMILES string of the molecule is CCOc1cc([C@H]2C(=C(O)c3ccc(OCc4ccccc4)c(C)c3)C(=O)C(=O)N2CCN(CC)CC)ccc1O. The summed E-state index contributed by atoms with van der Waals surface area (Å²) in [6.45, 7) is 10.9. The summed E-state index contributed by atoms with van der Waals surface area (Å²) in [5.74, 6) is -0.828. The van der Waals surface area contributed by atoms with Crippen LogP contribution < -0.4 is 9.47 Å². The fourth-order valence-electron chi connectivity index (χ4n) is 5.07. The molecular weight excluding hydrogens is 520 g/mol. The van der Waals surface area contributed by atoms with Crippen molar-refractivity contribution in [2.75, 3.05) is 32.8 Å². The number of hydrogen-bond donors (Lipinski definition) is 2. The number of likely N-dealkylation sites (tertiary alicyclic amines) is 1. The van der Waals surface area contributed by atoms with Crippen LogP contribution in [0, 0.1) is 6.92 Å². The van der Waals surface area contributed by atoms with Crippen LogP contribution in [0.1, 0.15) is 49.1 Å². The summed E-state index contributed by atoms with van der Waals surface area (Å²) in [7, 11) is 0. The molecule has 1 amide bonds. The lowest BCUT2D eigenvalue weighted by Crippen LogP contribution is -2.38. The predicted molar refractivity (Wildman–Crippen MR) is 158 cm³/mol. The molecule has 8 nitrogen and oxygen atoms in total. The van der Waals surface area contributed by atoms with Gasteiger partial charge in [0.1, 0.15) is 18.1 Å². The van der Waals surface area contributed by atoms with Crippen LogP contribution in [0.15, 0.2) is 72.3 Å². The maximum Gasteiger partial charge on any atom is 0.295 e. The molecule has 1 aliphatic heterocycles. The molecule has 1 saturated heterocycles. The molecule has 1 heterocycles. The summed E-state index contributed by atoms with van der Waals surface area (Å²) < 4.78 is 11.6. The lowest BCUT2D eigenvalue weighted by Gasteiger charge is -2.28. The molecule has 0 saturated carbocycles. The van der Waals surface area contributed by atoms with Crippen molar-refractivity contribution in [3.05, 3.63) is 94.6 Å². The zero-order valence-corrected chi connectivity index (χ0v) is 24.1. The van der Waals surface area contributed by atoms with Crippen molar-refractivity contribution >= 4 is 17.4 Å². The van der Waals surface area contributed by atoms with Crippen LogP contribution in [0.25, 0.3) is 5.76 Å². The Labute approximate surface area is 241 Å². The Morgan fingerprint density at radius 3 is 2.32 bits per heavy atom. The molecule has 2 N–H and O–H groups in total. The monoisotopic (exact) mass is 558 g/mol. The minimum Gasteiger partial charge on any atom is -0.507 e. The Kier molecular flexibility index (Phi) is 9.68. The standard InChI is InChI=1S/C33H38N2O6/c1-5-34(6-2)17-18-35-30(24-13-15-26(36)28(20-24)40-7-3)29(32(38)33(35)39)31(37)25-14-16-27(22(4)19-25)41-21-23-11-9-8-10-12-23/h8-16,19-20,30,36-37H,5-7,17-18,21H2,1-4H3/t30-/m0/s1.